The van der Waals surface area contributed by atoms with Gasteiger partial charge < -0.3 is 10.6 Å². The van der Waals surface area contributed by atoms with Gasteiger partial charge in [0.1, 0.15) is 6.54 Å². The highest BCUT2D eigenvalue weighted by molar-refractivity contribution is 5.75. The van der Waals surface area contributed by atoms with Crippen molar-refractivity contribution in [3.8, 4) is 0 Å². The Morgan fingerprint density at radius 2 is 2.29 bits per heavy atom. The van der Waals surface area contributed by atoms with Crippen LogP contribution in [0.25, 0.3) is 0 Å². The molecule has 17 heavy (non-hydrogen) atoms. The van der Waals surface area contributed by atoms with Crippen LogP contribution in [-0.4, -0.2) is 33.5 Å². The van der Waals surface area contributed by atoms with Gasteiger partial charge in [-0.25, -0.2) is 4.68 Å². The zero-order valence-corrected chi connectivity index (χ0v) is 10.7. The largest absolute Gasteiger partial charge is 0.352 e. The molecule has 0 aliphatic rings. The summed E-state index contributed by atoms with van der Waals surface area (Å²) in [4.78, 5) is 11.6. The van der Waals surface area contributed by atoms with Crippen molar-refractivity contribution < 1.29 is 4.79 Å². The van der Waals surface area contributed by atoms with Crippen molar-refractivity contribution >= 4 is 5.91 Å². The average molecular weight is 239 g/mol. The zero-order chi connectivity index (χ0) is 12.7. The minimum atomic E-state index is -0.0285. The molecular weight excluding hydrogens is 218 g/mol. The maximum atomic E-state index is 11.6. The SMILES string of the molecule is CCNCc1cn(CC(=O)NC(C)CC)nn1. The van der Waals surface area contributed by atoms with Gasteiger partial charge in [0, 0.05) is 12.6 Å². The first-order chi connectivity index (χ1) is 8.15. The molecule has 1 unspecified atom stereocenters. The molecule has 2 N–H and O–H groups in total. The lowest BCUT2D eigenvalue weighted by Gasteiger charge is -2.10. The smallest absolute Gasteiger partial charge is 0.242 e. The highest BCUT2D eigenvalue weighted by Crippen LogP contribution is 1.93. The molecule has 0 spiro atoms. The van der Waals surface area contributed by atoms with E-state index < -0.39 is 0 Å². The number of amides is 1. The maximum Gasteiger partial charge on any atom is 0.242 e. The summed E-state index contributed by atoms with van der Waals surface area (Å²) >= 11 is 0. The molecule has 1 aromatic rings. The van der Waals surface area contributed by atoms with Gasteiger partial charge in [-0.15, -0.1) is 5.10 Å². The van der Waals surface area contributed by atoms with Crippen molar-refractivity contribution in [2.75, 3.05) is 6.54 Å². The molecule has 6 nitrogen and oxygen atoms in total. The van der Waals surface area contributed by atoms with E-state index in [-0.39, 0.29) is 18.5 Å². The van der Waals surface area contributed by atoms with Crippen LogP contribution in [0.1, 0.15) is 32.9 Å². The van der Waals surface area contributed by atoms with Crippen molar-refractivity contribution in [2.45, 2.75) is 46.3 Å². The summed E-state index contributed by atoms with van der Waals surface area (Å²) in [5.41, 5.74) is 0.850. The van der Waals surface area contributed by atoms with E-state index in [1.165, 1.54) is 0 Å². The Morgan fingerprint density at radius 1 is 1.53 bits per heavy atom. The second kappa shape index (κ2) is 7.01. The van der Waals surface area contributed by atoms with Gasteiger partial charge in [-0.05, 0) is 19.9 Å². The maximum absolute atomic E-state index is 11.6. The molecule has 0 aliphatic carbocycles. The fraction of sp³-hybridized carbons (Fsp3) is 0.727. The molecule has 1 aromatic heterocycles. The Bertz CT molecular complexity index is 349. The first-order valence-corrected chi connectivity index (χ1v) is 6.04. The Labute approximate surface area is 102 Å². The number of hydrogen-bond acceptors (Lipinski definition) is 4. The average Bonchev–Trinajstić information content (AvgIpc) is 2.73. The standard InChI is InChI=1S/C11H21N5O/c1-4-9(3)13-11(17)8-16-7-10(14-15-16)6-12-5-2/h7,9,12H,4-6,8H2,1-3H3,(H,13,17). The second-order valence-corrected chi connectivity index (χ2v) is 4.06. The zero-order valence-electron chi connectivity index (χ0n) is 10.7. The van der Waals surface area contributed by atoms with Gasteiger partial charge in [0.25, 0.3) is 0 Å². The highest BCUT2D eigenvalue weighted by atomic mass is 16.2. The topological polar surface area (TPSA) is 71.8 Å². The number of nitrogens with one attached hydrogen (secondary N) is 2. The number of aromatic nitrogens is 3. The third-order valence-corrected chi connectivity index (χ3v) is 2.47. The van der Waals surface area contributed by atoms with Crippen LogP contribution in [0.5, 0.6) is 0 Å². The summed E-state index contributed by atoms with van der Waals surface area (Å²) in [6.45, 7) is 7.85. The quantitative estimate of drug-likeness (QED) is 0.718. The number of rotatable bonds is 7. The summed E-state index contributed by atoms with van der Waals surface area (Å²) < 4.78 is 1.56. The van der Waals surface area contributed by atoms with Crippen molar-refractivity contribution in [2.24, 2.45) is 0 Å². The predicted octanol–water partition coefficient (Wildman–Crippen LogP) is 0.302. The molecule has 0 saturated heterocycles. The number of nitrogens with zero attached hydrogens (tertiary/aromatic N) is 3. The monoisotopic (exact) mass is 239 g/mol. The van der Waals surface area contributed by atoms with Crippen molar-refractivity contribution in [3.63, 3.8) is 0 Å². The molecule has 0 saturated carbocycles. The summed E-state index contributed by atoms with van der Waals surface area (Å²) in [5.74, 6) is -0.0285. The molecule has 1 heterocycles. The molecule has 6 heteroatoms. The molecular formula is C11H21N5O. The van der Waals surface area contributed by atoms with Crippen LogP contribution < -0.4 is 10.6 Å². The fourth-order valence-electron chi connectivity index (χ4n) is 1.32. The lowest BCUT2D eigenvalue weighted by molar-refractivity contribution is -0.122. The van der Waals surface area contributed by atoms with E-state index in [1.54, 1.807) is 10.9 Å². The number of carbonyl (C=O) groups excluding carboxylic acids is 1. The molecule has 0 bridgehead atoms. The van der Waals surface area contributed by atoms with E-state index >= 15 is 0 Å². The molecule has 0 aliphatic heterocycles. The molecule has 0 radical (unpaired) electrons. The summed E-state index contributed by atoms with van der Waals surface area (Å²) in [7, 11) is 0. The highest BCUT2D eigenvalue weighted by Gasteiger charge is 2.07. The number of carbonyl (C=O) groups is 1. The van der Waals surface area contributed by atoms with Crippen LogP contribution in [0.2, 0.25) is 0 Å². The Kier molecular flexibility index (Phi) is 5.62. The van der Waals surface area contributed by atoms with Crippen LogP contribution in [0.15, 0.2) is 6.20 Å². The van der Waals surface area contributed by atoms with Crippen LogP contribution in [0, 0.1) is 0 Å². The van der Waals surface area contributed by atoms with Crippen molar-refractivity contribution in [1.29, 1.82) is 0 Å². The van der Waals surface area contributed by atoms with E-state index in [0.29, 0.717) is 6.54 Å². The second-order valence-electron chi connectivity index (χ2n) is 4.06. The Hall–Kier alpha value is -1.43. The van der Waals surface area contributed by atoms with Crippen LogP contribution in [-0.2, 0) is 17.9 Å². The van der Waals surface area contributed by atoms with Crippen molar-refractivity contribution in [1.82, 2.24) is 25.6 Å². The van der Waals surface area contributed by atoms with Gasteiger partial charge in [0.05, 0.1) is 11.9 Å². The van der Waals surface area contributed by atoms with Gasteiger partial charge in [-0.1, -0.05) is 19.1 Å². The van der Waals surface area contributed by atoms with E-state index in [4.69, 9.17) is 0 Å². The number of hydrogen-bond donors (Lipinski definition) is 2. The summed E-state index contributed by atoms with van der Waals surface area (Å²) in [6.07, 6.45) is 2.72. The molecule has 1 amide bonds. The lowest BCUT2D eigenvalue weighted by Crippen LogP contribution is -2.34. The minimum absolute atomic E-state index is 0.0285. The molecule has 0 fully saturated rings. The van der Waals surface area contributed by atoms with Crippen LogP contribution in [0.3, 0.4) is 0 Å². The third-order valence-electron chi connectivity index (χ3n) is 2.47. The first-order valence-electron chi connectivity index (χ1n) is 6.04. The summed E-state index contributed by atoms with van der Waals surface area (Å²) in [5, 5.41) is 13.9. The van der Waals surface area contributed by atoms with Gasteiger partial charge in [0.15, 0.2) is 0 Å². The van der Waals surface area contributed by atoms with Crippen molar-refractivity contribution in [3.05, 3.63) is 11.9 Å². The van der Waals surface area contributed by atoms with E-state index in [9.17, 15) is 4.79 Å². The van der Waals surface area contributed by atoms with Crippen LogP contribution >= 0.6 is 0 Å². The van der Waals surface area contributed by atoms with E-state index in [0.717, 1.165) is 18.7 Å². The van der Waals surface area contributed by atoms with Gasteiger partial charge in [0.2, 0.25) is 5.91 Å². The lowest BCUT2D eigenvalue weighted by atomic mass is 10.2. The van der Waals surface area contributed by atoms with Gasteiger partial charge in [-0.2, -0.15) is 0 Å². The predicted molar refractivity (Wildman–Crippen MR) is 65.3 cm³/mol. The summed E-state index contributed by atoms with van der Waals surface area (Å²) in [6, 6.07) is 0.201. The Morgan fingerprint density at radius 3 is 2.94 bits per heavy atom. The van der Waals surface area contributed by atoms with E-state index in [2.05, 4.69) is 20.9 Å². The van der Waals surface area contributed by atoms with Gasteiger partial charge >= 0.3 is 0 Å². The van der Waals surface area contributed by atoms with Gasteiger partial charge in [-0.3, -0.25) is 4.79 Å². The molecule has 0 aromatic carbocycles. The molecule has 1 rings (SSSR count). The molecule has 1 atom stereocenters. The minimum Gasteiger partial charge on any atom is -0.352 e. The first kappa shape index (κ1) is 13.6. The third kappa shape index (κ3) is 4.95. The fourth-order valence-corrected chi connectivity index (χ4v) is 1.32. The normalized spacial score (nSPS) is 12.4. The van der Waals surface area contributed by atoms with E-state index in [1.807, 2.05) is 20.8 Å². The molecule has 96 valence electrons. The van der Waals surface area contributed by atoms with Crippen LogP contribution in [0.4, 0.5) is 0 Å². The Balaban J connectivity index is 2.40.